The average molecular weight is 412 g/mol. The molecule has 1 heteroatoms. The molecule has 0 bridgehead atoms. The summed E-state index contributed by atoms with van der Waals surface area (Å²) >= 11 is 0. The first kappa shape index (κ1) is 21.4. The van der Waals surface area contributed by atoms with Gasteiger partial charge in [0.25, 0.3) is 0 Å². The number of benzene rings is 1. The van der Waals surface area contributed by atoms with Crippen LogP contribution in [0.5, 0.6) is 0 Å². The Kier molecular flexibility index (Phi) is 8.90. The van der Waals surface area contributed by atoms with Gasteiger partial charge in [-0.1, -0.05) is 57.6 Å². The molecule has 0 nitrogen and oxygen atoms in total. The maximum Gasteiger partial charge on any atom is 0 e. The zero-order chi connectivity index (χ0) is 16.9. The fraction of sp³-hybridized carbons (Fsp3) is 0.667. The van der Waals surface area contributed by atoms with Crippen LogP contribution in [0.4, 0.5) is 0 Å². The van der Waals surface area contributed by atoms with Crippen LogP contribution in [0.3, 0.4) is 0 Å². The van der Waals surface area contributed by atoms with Gasteiger partial charge in [0.2, 0.25) is 0 Å². The molecule has 0 N–H and O–H groups in total. The summed E-state index contributed by atoms with van der Waals surface area (Å²) in [4.78, 5) is 0. The van der Waals surface area contributed by atoms with E-state index >= 15 is 0 Å². The standard InChI is InChI=1S/C24H35.Y/c1-4-5-6-20-8-11-21(12-9-20)22-13-15-23(16-14-22)24-10-7-18(2)19(3)17-24;/h4-5,10,17,20-23H,6,8-9,11-16H2,1-3H3;/q-1;/b5-4+;. The molecular weight excluding hydrogens is 377 g/mol. The molecule has 0 spiro atoms. The van der Waals surface area contributed by atoms with Crippen LogP contribution in [0, 0.1) is 37.7 Å². The first-order chi connectivity index (χ1) is 11.7. The van der Waals surface area contributed by atoms with Gasteiger partial charge in [-0.05, 0) is 56.8 Å². The summed E-state index contributed by atoms with van der Waals surface area (Å²) in [7, 11) is 0. The summed E-state index contributed by atoms with van der Waals surface area (Å²) < 4.78 is 0. The van der Waals surface area contributed by atoms with Crippen molar-refractivity contribution >= 4 is 0 Å². The smallest absolute Gasteiger partial charge is 0 e. The molecule has 0 aromatic heterocycles. The van der Waals surface area contributed by atoms with E-state index in [4.69, 9.17) is 0 Å². The van der Waals surface area contributed by atoms with Crippen molar-refractivity contribution in [3.8, 4) is 0 Å². The topological polar surface area (TPSA) is 0 Å². The van der Waals surface area contributed by atoms with Crippen LogP contribution in [0.15, 0.2) is 24.3 Å². The van der Waals surface area contributed by atoms with E-state index in [1.165, 1.54) is 68.9 Å². The van der Waals surface area contributed by atoms with Gasteiger partial charge in [-0.25, -0.2) is 0 Å². The molecule has 1 radical (unpaired) electrons. The van der Waals surface area contributed by atoms with Gasteiger partial charge in [0.1, 0.15) is 0 Å². The molecule has 2 aliphatic carbocycles. The van der Waals surface area contributed by atoms with Crippen molar-refractivity contribution < 1.29 is 32.7 Å². The van der Waals surface area contributed by atoms with Crippen molar-refractivity contribution in [2.24, 2.45) is 17.8 Å². The largest absolute Gasteiger partial charge is 0.180 e. The molecule has 0 amide bonds. The zero-order valence-corrected chi connectivity index (χ0v) is 19.4. The second kappa shape index (κ2) is 10.4. The molecule has 2 saturated carbocycles. The quantitative estimate of drug-likeness (QED) is 0.364. The molecule has 2 aliphatic rings. The van der Waals surface area contributed by atoms with Crippen LogP contribution in [0.2, 0.25) is 0 Å². The van der Waals surface area contributed by atoms with Crippen molar-refractivity contribution in [1.29, 1.82) is 0 Å². The summed E-state index contributed by atoms with van der Waals surface area (Å²) in [5.41, 5.74) is 4.27. The van der Waals surface area contributed by atoms with Crippen molar-refractivity contribution in [3.05, 3.63) is 47.0 Å². The molecule has 25 heavy (non-hydrogen) atoms. The minimum absolute atomic E-state index is 0. The number of allylic oxidation sites excluding steroid dienone is 2. The number of rotatable bonds is 4. The Bertz CT molecular complexity index is 543. The number of hydrogen-bond acceptors (Lipinski definition) is 0. The van der Waals surface area contributed by atoms with Gasteiger partial charge >= 0.3 is 0 Å². The van der Waals surface area contributed by atoms with Gasteiger partial charge in [-0.3, -0.25) is 0 Å². The Balaban J connectivity index is 0.00000225. The van der Waals surface area contributed by atoms with Gasteiger partial charge in [-0.2, -0.15) is 34.9 Å². The van der Waals surface area contributed by atoms with E-state index in [1.807, 2.05) is 0 Å². The van der Waals surface area contributed by atoms with E-state index in [0.29, 0.717) is 0 Å². The van der Waals surface area contributed by atoms with Crippen molar-refractivity contribution in [2.45, 2.75) is 84.5 Å². The van der Waals surface area contributed by atoms with Crippen LogP contribution in [0.25, 0.3) is 0 Å². The fourth-order valence-corrected chi connectivity index (χ4v) is 5.09. The Morgan fingerprint density at radius 1 is 0.960 bits per heavy atom. The Hall–Kier alpha value is 0.0639. The van der Waals surface area contributed by atoms with E-state index < -0.39 is 0 Å². The van der Waals surface area contributed by atoms with Gasteiger partial charge in [0, 0.05) is 32.7 Å². The molecule has 0 atom stereocenters. The molecule has 135 valence electrons. The molecule has 0 unspecified atom stereocenters. The Labute approximate surface area is 181 Å². The molecule has 0 heterocycles. The first-order valence-electron chi connectivity index (χ1n) is 10.3. The summed E-state index contributed by atoms with van der Waals surface area (Å²) in [6.45, 7) is 6.55. The first-order valence-corrected chi connectivity index (χ1v) is 10.3. The maximum atomic E-state index is 3.46. The second-order valence-corrected chi connectivity index (χ2v) is 8.44. The minimum Gasteiger partial charge on any atom is -0.180 e. The predicted molar refractivity (Wildman–Crippen MR) is 104 cm³/mol. The molecule has 1 aromatic carbocycles. The molecule has 0 aliphatic heterocycles. The van der Waals surface area contributed by atoms with Crippen LogP contribution in [-0.2, 0) is 32.7 Å². The summed E-state index contributed by atoms with van der Waals surface area (Å²) in [6.07, 6.45) is 17.6. The third-order valence-electron chi connectivity index (χ3n) is 6.94. The molecule has 0 saturated heterocycles. The minimum atomic E-state index is 0. The predicted octanol–water partition coefficient (Wildman–Crippen LogP) is 7.15. The van der Waals surface area contributed by atoms with E-state index in [-0.39, 0.29) is 32.7 Å². The second-order valence-electron chi connectivity index (χ2n) is 8.44. The average Bonchev–Trinajstić information content (AvgIpc) is 2.63. The molecule has 3 rings (SSSR count). The monoisotopic (exact) mass is 412 g/mol. The maximum absolute atomic E-state index is 3.46. The van der Waals surface area contributed by atoms with Gasteiger partial charge in [-0.15, -0.1) is 0 Å². The Morgan fingerprint density at radius 3 is 2.12 bits per heavy atom. The van der Waals surface area contributed by atoms with Crippen LogP contribution in [-0.4, -0.2) is 0 Å². The van der Waals surface area contributed by atoms with Crippen molar-refractivity contribution in [1.82, 2.24) is 0 Å². The van der Waals surface area contributed by atoms with E-state index in [2.05, 4.69) is 51.1 Å². The van der Waals surface area contributed by atoms with Gasteiger partial charge in [0.15, 0.2) is 0 Å². The third kappa shape index (κ3) is 5.77. The molecular formula is C24H35Y-. The number of aryl methyl sites for hydroxylation is 2. The normalized spacial score (nSPS) is 30.2. The molecule has 2 fully saturated rings. The van der Waals surface area contributed by atoms with Crippen molar-refractivity contribution in [2.75, 3.05) is 0 Å². The van der Waals surface area contributed by atoms with E-state index in [1.54, 1.807) is 5.56 Å². The third-order valence-corrected chi connectivity index (χ3v) is 6.94. The summed E-state index contributed by atoms with van der Waals surface area (Å²) in [6, 6.07) is 8.14. The van der Waals surface area contributed by atoms with Gasteiger partial charge < -0.3 is 0 Å². The summed E-state index contributed by atoms with van der Waals surface area (Å²) in [5, 5.41) is 0. The van der Waals surface area contributed by atoms with Crippen LogP contribution >= 0.6 is 0 Å². The summed E-state index contributed by atoms with van der Waals surface area (Å²) in [5.74, 6) is 3.81. The van der Waals surface area contributed by atoms with Crippen LogP contribution < -0.4 is 0 Å². The number of hydrogen-bond donors (Lipinski definition) is 0. The van der Waals surface area contributed by atoms with Crippen molar-refractivity contribution in [3.63, 3.8) is 0 Å². The molecule has 1 aromatic rings. The fourth-order valence-electron chi connectivity index (χ4n) is 5.09. The Morgan fingerprint density at radius 2 is 1.56 bits per heavy atom. The zero-order valence-electron chi connectivity index (χ0n) is 16.6. The van der Waals surface area contributed by atoms with Gasteiger partial charge in [0.05, 0.1) is 0 Å². The van der Waals surface area contributed by atoms with E-state index in [9.17, 15) is 0 Å². The SMILES string of the molecule is C/C=C/CC1CCC(C2CCC(c3c[c-]c(C)c(C)c3)CC2)CC1.[Y]. The van der Waals surface area contributed by atoms with Crippen LogP contribution in [0.1, 0.15) is 87.3 Å². The van der Waals surface area contributed by atoms with E-state index in [0.717, 1.165) is 23.7 Å².